The van der Waals surface area contributed by atoms with Gasteiger partial charge in [0, 0.05) is 18.7 Å². The second kappa shape index (κ2) is 6.47. The Morgan fingerprint density at radius 1 is 1.29 bits per heavy atom. The van der Waals surface area contributed by atoms with Gasteiger partial charge in [0.05, 0.1) is 6.61 Å². The van der Waals surface area contributed by atoms with Crippen molar-refractivity contribution in [2.75, 3.05) is 12.4 Å². The number of benzene rings is 1. The fourth-order valence-corrected chi connectivity index (χ4v) is 2.92. The molecule has 0 aliphatic heterocycles. The van der Waals surface area contributed by atoms with Crippen LogP contribution in [-0.2, 0) is 7.05 Å². The average molecular weight is 307 g/mol. The van der Waals surface area contributed by atoms with E-state index in [0.717, 1.165) is 23.2 Å². The maximum Gasteiger partial charge on any atom is 0.190 e. The summed E-state index contributed by atoms with van der Waals surface area (Å²) in [7, 11) is 2.03. The first-order chi connectivity index (χ1) is 10.2. The van der Waals surface area contributed by atoms with Crippen LogP contribution in [0, 0.1) is 5.82 Å². The maximum atomic E-state index is 12.7. The van der Waals surface area contributed by atoms with Gasteiger partial charge >= 0.3 is 0 Å². The summed E-state index contributed by atoms with van der Waals surface area (Å²) in [6.07, 6.45) is 3.39. The van der Waals surface area contributed by atoms with E-state index in [-0.39, 0.29) is 5.82 Å². The molecule has 1 aromatic heterocycles. The molecule has 3 rings (SSSR count). The first-order valence-corrected chi connectivity index (χ1v) is 8.13. The van der Waals surface area contributed by atoms with E-state index < -0.39 is 0 Å². The first kappa shape index (κ1) is 14.4. The van der Waals surface area contributed by atoms with Crippen molar-refractivity contribution in [3.8, 4) is 5.75 Å². The molecular formula is C15H18FN3OS. The average Bonchev–Trinajstić information content (AvgIpc) is 3.26. The highest BCUT2D eigenvalue weighted by Crippen LogP contribution is 2.39. The lowest BCUT2D eigenvalue weighted by molar-refractivity contribution is 0.318. The molecule has 0 atom stereocenters. The quantitative estimate of drug-likeness (QED) is 0.580. The summed E-state index contributed by atoms with van der Waals surface area (Å²) >= 11 is 1.70. The molecule has 112 valence electrons. The lowest BCUT2D eigenvalue weighted by atomic mass is 10.3. The van der Waals surface area contributed by atoms with Crippen molar-refractivity contribution in [1.82, 2.24) is 14.8 Å². The molecule has 0 unspecified atom stereocenters. The highest BCUT2D eigenvalue weighted by molar-refractivity contribution is 7.99. The Labute approximate surface area is 127 Å². The van der Waals surface area contributed by atoms with Crippen molar-refractivity contribution < 1.29 is 9.13 Å². The normalized spacial score (nSPS) is 14.4. The maximum absolute atomic E-state index is 12.7. The van der Waals surface area contributed by atoms with E-state index in [2.05, 4.69) is 14.8 Å². The smallest absolute Gasteiger partial charge is 0.190 e. The van der Waals surface area contributed by atoms with Gasteiger partial charge < -0.3 is 9.30 Å². The van der Waals surface area contributed by atoms with Gasteiger partial charge in [-0.25, -0.2) is 4.39 Å². The van der Waals surface area contributed by atoms with Gasteiger partial charge in [-0.1, -0.05) is 11.8 Å². The summed E-state index contributed by atoms with van der Waals surface area (Å²) < 4.78 is 20.4. The van der Waals surface area contributed by atoms with Crippen molar-refractivity contribution >= 4 is 11.8 Å². The molecule has 4 nitrogen and oxygen atoms in total. The molecule has 1 aromatic carbocycles. The molecule has 2 aromatic rings. The molecule has 6 heteroatoms. The van der Waals surface area contributed by atoms with Crippen molar-refractivity contribution in [3.63, 3.8) is 0 Å². The Kier molecular flexibility index (Phi) is 4.43. The summed E-state index contributed by atoms with van der Waals surface area (Å²) in [5.74, 6) is 3.12. The number of nitrogens with zero attached hydrogens (tertiary/aromatic N) is 3. The second-order valence-corrected chi connectivity index (χ2v) is 6.24. The zero-order chi connectivity index (χ0) is 14.7. The number of thioether (sulfide) groups is 1. The van der Waals surface area contributed by atoms with E-state index in [1.165, 1.54) is 25.0 Å². The number of hydrogen-bond donors (Lipinski definition) is 0. The molecule has 0 saturated heterocycles. The number of hydrogen-bond acceptors (Lipinski definition) is 4. The second-order valence-electron chi connectivity index (χ2n) is 5.18. The van der Waals surface area contributed by atoms with E-state index in [4.69, 9.17) is 4.74 Å². The fraction of sp³-hybridized carbons (Fsp3) is 0.467. The minimum atomic E-state index is -0.244. The molecular weight excluding hydrogens is 289 g/mol. The van der Waals surface area contributed by atoms with E-state index in [1.54, 1.807) is 23.9 Å². The van der Waals surface area contributed by atoms with Crippen LogP contribution in [0.2, 0.25) is 0 Å². The minimum Gasteiger partial charge on any atom is -0.494 e. The standard InChI is InChI=1S/C15H18FN3OS/c1-19-14(11-3-4-11)17-18-15(19)21-10-2-9-20-13-7-5-12(16)6-8-13/h5-8,11H,2-4,9-10H2,1H3. The molecule has 21 heavy (non-hydrogen) atoms. The molecule has 1 saturated carbocycles. The molecule has 1 heterocycles. The van der Waals surface area contributed by atoms with Crippen LogP contribution < -0.4 is 4.74 Å². The van der Waals surface area contributed by atoms with Gasteiger partial charge in [-0.15, -0.1) is 10.2 Å². The zero-order valence-corrected chi connectivity index (χ0v) is 12.8. The summed E-state index contributed by atoms with van der Waals surface area (Å²) in [5.41, 5.74) is 0. The molecule has 1 fully saturated rings. The van der Waals surface area contributed by atoms with Crippen LogP contribution in [0.15, 0.2) is 29.4 Å². The third-order valence-electron chi connectivity index (χ3n) is 3.41. The molecule has 1 aliphatic carbocycles. The van der Waals surface area contributed by atoms with Crippen LogP contribution in [0.25, 0.3) is 0 Å². The Bertz CT molecular complexity index is 595. The zero-order valence-electron chi connectivity index (χ0n) is 12.0. The predicted molar refractivity (Wildman–Crippen MR) is 80.2 cm³/mol. The third kappa shape index (κ3) is 3.75. The first-order valence-electron chi connectivity index (χ1n) is 7.14. The predicted octanol–water partition coefficient (Wildman–Crippen LogP) is 3.39. The summed E-state index contributed by atoms with van der Waals surface area (Å²) in [4.78, 5) is 0. The minimum absolute atomic E-state index is 0.244. The van der Waals surface area contributed by atoms with Crippen molar-refractivity contribution in [1.29, 1.82) is 0 Å². The molecule has 0 radical (unpaired) electrons. The van der Waals surface area contributed by atoms with E-state index in [9.17, 15) is 4.39 Å². The molecule has 0 spiro atoms. The van der Waals surface area contributed by atoms with Crippen LogP contribution in [-0.4, -0.2) is 27.1 Å². The van der Waals surface area contributed by atoms with Crippen molar-refractivity contribution in [3.05, 3.63) is 35.9 Å². The van der Waals surface area contributed by atoms with Crippen LogP contribution >= 0.6 is 11.8 Å². The Hall–Kier alpha value is -1.56. The van der Waals surface area contributed by atoms with Gasteiger partial charge in [-0.3, -0.25) is 0 Å². The van der Waals surface area contributed by atoms with E-state index in [1.807, 2.05) is 7.05 Å². The lowest BCUT2D eigenvalue weighted by Crippen LogP contribution is -2.00. The van der Waals surface area contributed by atoms with E-state index >= 15 is 0 Å². The van der Waals surface area contributed by atoms with Crippen molar-refractivity contribution in [2.45, 2.75) is 30.3 Å². The number of aromatic nitrogens is 3. The van der Waals surface area contributed by atoms with Gasteiger partial charge in [0.1, 0.15) is 17.4 Å². The number of rotatable bonds is 7. The van der Waals surface area contributed by atoms with Gasteiger partial charge in [-0.05, 0) is 43.5 Å². The van der Waals surface area contributed by atoms with Crippen molar-refractivity contribution in [2.24, 2.45) is 7.05 Å². The Balaban J connectivity index is 1.39. The third-order valence-corrected chi connectivity index (χ3v) is 4.52. The van der Waals surface area contributed by atoms with Crippen LogP contribution in [0.4, 0.5) is 4.39 Å². The Morgan fingerprint density at radius 2 is 2.05 bits per heavy atom. The number of halogens is 1. The lowest BCUT2D eigenvalue weighted by Gasteiger charge is -2.06. The van der Waals surface area contributed by atoms with Crippen LogP contribution in [0.5, 0.6) is 5.75 Å². The van der Waals surface area contributed by atoms with Gasteiger partial charge in [0.15, 0.2) is 5.16 Å². The summed E-state index contributed by atoms with van der Waals surface area (Å²) in [6.45, 7) is 0.617. The SMILES string of the molecule is Cn1c(SCCCOc2ccc(F)cc2)nnc1C1CC1. The van der Waals surface area contributed by atoms with E-state index in [0.29, 0.717) is 18.3 Å². The summed E-state index contributed by atoms with van der Waals surface area (Å²) in [6, 6.07) is 6.10. The summed E-state index contributed by atoms with van der Waals surface area (Å²) in [5, 5.41) is 9.46. The molecule has 0 bridgehead atoms. The van der Waals surface area contributed by atoms with Crippen LogP contribution in [0.1, 0.15) is 31.0 Å². The number of ether oxygens (including phenoxy) is 1. The molecule has 0 amide bonds. The largest absolute Gasteiger partial charge is 0.494 e. The van der Waals surface area contributed by atoms with Crippen LogP contribution in [0.3, 0.4) is 0 Å². The van der Waals surface area contributed by atoms with Gasteiger partial charge in [-0.2, -0.15) is 0 Å². The highest BCUT2D eigenvalue weighted by atomic mass is 32.2. The molecule has 0 N–H and O–H groups in total. The van der Waals surface area contributed by atoms with Gasteiger partial charge in [0.25, 0.3) is 0 Å². The monoisotopic (exact) mass is 307 g/mol. The van der Waals surface area contributed by atoms with Gasteiger partial charge in [0.2, 0.25) is 0 Å². The highest BCUT2D eigenvalue weighted by Gasteiger charge is 2.29. The molecule has 1 aliphatic rings. The Morgan fingerprint density at radius 3 is 2.76 bits per heavy atom. The fourth-order valence-electron chi connectivity index (χ4n) is 2.09. The topological polar surface area (TPSA) is 39.9 Å².